The molecule has 0 saturated heterocycles. The molecular weight excluding hydrogens is 334 g/mol. The molecule has 5 heteroatoms. The van der Waals surface area contributed by atoms with Crippen molar-refractivity contribution >= 4 is 27.3 Å². The van der Waals surface area contributed by atoms with Crippen molar-refractivity contribution in [3.63, 3.8) is 0 Å². The highest BCUT2D eigenvalue weighted by atomic mass is 79.9. The smallest absolute Gasteiger partial charge is 0.142 e. The van der Waals surface area contributed by atoms with E-state index in [0.29, 0.717) is 5.92 Å². The molecule has 0 spiro atoms. The van der Waals surface area contributed by atoms with Crippen LogP contribution in [0.15, 0.2) is 22.8 Å². The lowest BCUT2D eigenvalue weighted by molar-refractivity contribution is 0.670. The molecule has 0 amide bonds. The van der Waals surface area contributed by atoms with E-state index in [0.717, 1.165) is 34.7 Å². The van der Waals surface area contributed by atoms with E-state index >= 15 is 0 Å². The summed E-state index contributed by atoms with van der Waals surface area (Å²) < 4.78 is 0.992. The Kier molecular flexibility index (Phi) is 5.69. The molecule has 2 aromatic heterocycles. The van der Waals surface area contributed by atoms with E-state index < -0.39 is 0 Å². The average Bonchev–Trinajstić information content (AvgIpc) is 2.84. The van der Waals surface area contributed by atoms with Gasteiger partial charge in [0.25, 0.3) is 0 Å². The van der Waals surface area contributed by atoms with Gasteiger partial charge in [0, 0.05) is 22.1 Å². The highest BCUT2D eigenvalue weighted by Gasteiger charge is 2.15. The van der Waals surface area contributed by atoms with Crippen LogP contribution in [0, 0.1) is 0 Å². The largest absolute Gasteiger partial charge is 0.312 e. The normalized spacial score (nSPS) is 11.2. The van der Waals surface area contributed by atoms with Gasteiger partial charge >= 0.3 is 0 Å². The molecule has 0 aliphatic carbocycles. The highest BCUT2D eigenvalue weighted by Crippen LogP contribution is 2.31. The lowest BCUT2D eigenvalue weighted by atomic mass is 10.1. The number of halogens is 1. The Morgan fingerprint density at radius 2 is 2.15 bits per heavy atom. The number of hydrogen-bond acceptors (Lipinski definition) is 4. The molecule has 108 valence electrons. The van der Waals surface area contributed by atoms with Crippen molar-refractivity contribution in [2.75, 3.05) is 6.54 Å². The van der Waals surface area contributed by atoms with Gasteiger partial charge in [-0.3, -0.25) is 4.98 Å². The third-order valence-corrected chi connectivity index (χ3v) is 4.50. The van der Waals surface area contributed by atoms with Gasteiger partial charge in [0.05, 0.1) is 11.4 Å². The van der Waals surface area contributed by atoms with Crippen LogP contribution in [0.25, 0.3) is 10.7 Å². The van der Waals surface area contributed by atoms with Gasteiger partial charge in [-0.25, -0.2) is 4.98 Å². The summed E-state index contributed by atoms with van der Waals surface area (Å²) >= 11 is 5.16. The highest BCUT2D eigenvalue weighted by molar-refractivity contribution is 9.10. The minimum absolute atomic E-state index is 0.439. The second-order valence-corrected chi connectivity index (χ2v) is 7.02. The Hall–Kier alpha value is -0.780. The molecular formula is C15H20BrN3S. The second kappa shape index (κ2) is 7.29. The zero-order valence-electron chi connectivity index (χ0n) is 12.1. The fraction of sp³-hybridized carbons (Fsp3) is 0.467. The molecule has 0 unspecified atom stereocenters. The summed E-state index contributed by atoms with van der Waals surface area (Å²) in [5.41, 5.74) is 2.14. The molecule has 0 aliphatic rings. The van der Waals surface area contributed by atoms with Crippen LogP contribution in [0.4, 0.5) is 0 Å². The van der Waals surface area contributed by atoms with Crippen LogP contribution < -0.4 is 5.32 Å². The maximum absolute atomic E-state index is 4.79. The number of hydrogen-bond donors (Lipinski definition) is 1. The van der Waals surface area contributed by atoms with Crippen molar-refractivity contribution < 1.29 is 0 Å². The Morgan fingerprint density at radius 1 is 1.35 bits per heavy atom. The molecule has 2 heterocycles. The molecule has 2 rings (SSSR count). The predicted molar refractivity (Wildman–Crippen MR) is 89.1 cm³/mol. The van der Waals surface area contributed by atoms with Gasteiger partial charge in [-0.05, 0) is 46.9 Å². The minimum atomic E-state index is 0.439. The lowest BCUT2D eigenvalue weighted by Gasteiger charge is -2.05. The van der Waals surface area contributed by atoms with Crippen LogP contribution in [0.5, 0.6) is 0 Å². The minimum Gasteiger partial charge on any atom is -0.312 e. The Bertz CT molecular complexity index is 549. The Morgan fingerprint density at radius 3 is 2.75 bits per heavy atom. The first-order chi connectivity index (χ1) is 9.61. The molecule has 0 saturated carbocycles. The van der Waals surface area contributed by atoms with Crippen LogP contribution in [0.3, 0.4) is 0 Å². The first-order valence-corrected chi connectivity index (χ1v) is 8.55. The number of nitrogens with one attached hydrogen (secondary N) is 1. The third kappa shape index (κ3) is 3.87. The summed E-state index contributed by atoms with van der Waals surface area (Å²) in [5, 5.41) is 4.47. The van der Waals surface area contributed by atoms with E-state index in [-0.39, 0.29) is 0 Å². The standard InChI is InChI=1S/C15H20BrN3S/c1-4-7-17-9-13-14(10(2)3)19-15(20-13)12-6-5-11(16)8-18-12/h5-6,8,10,17H,4,7,9H2,1-3H3. The molecule has 0 aromatic carbocycles. The van der Waals surface area contributed by atoms with Crippen molar-refractivity contribution in [2.24, 2.45) is 0 Å². The number of pyridine rings is 1. The van der Waals surface area contributed by atoms with Crippen molar-refractivity contribution in [2.45, 2.75) is 39.7 Å². The van der Waals surface area contributed by atoms with Crippen LogP contribution in [-0.2, 0) is 6.54 Å². The van der Waals surface area contributed by atoms with Crippen LogP contribution in [0.1, 0.15) is 43.7 Å². The summed E-state index contributed by atoms with van der Waals surface area (Å²) in [7, 11) is 0. The van der Waals surface area contributed by atoms with Crippen LogP contribution in [-0.4, -0.2) is 16.5 Å². The molecule has 1 N–H and O–H groups in total. The van der Waals surface area contributed by atoms with Crippen molar-refractivity contribution in [3.05, 3.63) is 33.4 Å². The van der Waals surface area contributed by atoms with Crippen LogP contribution in [0.2, 0.25) is 0 Å². The second-order valence-electron chi connectivity index (χ2n) is 5.02. The Labute approximate surface area is 133 Å². The zero-order chi connectivity index (χ0) is 14.5. The van der Waals surface area contributed by atoms with Gasteiger partial charge in [0.15, 0.2) is 0 Å². The van der Waals surface area contributed by atoms with Gasteiger partial charge in [0.2, 0.25) is 0 Å². The van der Waals surface area contributed by atoms with Gasteiger partial charge in [0.1, 0.15) is 5.01 Å². The number of thiazole rings is 1. The molecule has 2 aromatic rings. The van der Waals surface area contributed by atoms with Crippen molar-refractivity contribution in [1.82, 2.24) is 15.3 Å². The SMILES string of the molecule is CCCNCc1sc(-c2ccc(Br)cn2)nc1C(C)C. The predicted octanol–water partition coefficient (Wildman–Crippen LogP) is 4.59. The van der Waals surface area contributed by atoms with Crippen molar-refractivity contribution in [3.8, 4) is 10.7 Å². The molecule has 0 bridgehead atoms. The Balaban J connectivity index is 2.26. The van der Waals surface area contributed by atoms with E-state index in [1.807, 2.05) is 18.3 Å². The fourth-order valence-electron chi connectivity index (χ4n) is 1.93. The quantitative estimate of drug-likeness (QED) is 0.771. The monoisotopic (exact) mass is 353 g/mol. The zero-order valence-corrected chi connectivity index (χ0v) is 14.5. The number of rotatable bonds is 6. The number of aromatic nitrogens is 2. The fourth-order valence-corrected chi connectivity index (χ4v) is 3.33. The van der Waals surface area contributed by atoms with E-state index in [1.54, 1.807) is 11.3 Å². The summed E-state index contributed by atoms with van der Waals surface area (Å²) in [6.45, 7) is 8.51. The van der Waals surface area contributed by atoms with Gasteiger partial charge in [-0.2, -0.15) is 0 Å². The summed E-state index contributed by atoms with van der Waals surface area (Å²) in [6.07, 6.45) is 2.97. The number of nitrogens with zero attached hydrogens (tertiary/aromatic N) is 2. The van der Waals surface area contributed by atoms with E-state index in [4.69, 9.17) is 4.98 Å². The van der Waals surface area contributed by atoms with E-state index in [2.05, 4.69) is 47.0 Å². The van der Waals surface area contributed by atoms with Gasteiger partial charge in [-0.15, -0.1) is 11.3 Å². The van der Waals surface area contributed by atoms with Gasteiger partial charge < -0.3 is 5.32 Å². The first kappa shape index (κ1) is 15.6. The summed E-state index contributed by atoms with van der Waals surface area (Å²) in [6, 6.07) is 4.02. The molecule has 0 aliphatic heterocycles. The average molecular weight is 354 g/mol. The molecule has 0 fully saturated rings. The van der Waals surface area contributed by atoms with E-state index in [1.165, 1.54) is 10.6 Å². The van der Waals surface area contributed by atoms with Crippen molar-refractivity contribution in [1.29, 1.82) is 0 Å². The third-order valence-electron chi connectivity index (χ3n) is 2.93. The maximum atomic E-state index is 4.79. The summed E-state index contributed by atoms with van der Waals surface area (Å²) in [5.74, 6) is 0.439. The molecule has 0 atom stereocenters. The maximum Gasteiger partial charge on any atom is 0.142 e. The lowest BCUT2D eigenvalue weighted by Crippen LogP contribution is -2.14. The molecule has 0 radical (unpaired) electrons. The van der Waals surface area contributed by atoms with Crippen LogP contribution >= 0.6 is 27.3 Å². The topological polar surface area (TPSA) is 37.8 Å². The molecule has 20 heavy (non-hydrogen) atoms. The van der Waals surface area contributed by atoms with E-state index in [9.17, 15) is 0 Å². The first-order valence-electron chi connectivity index (χ1n) is 6.94. The summed E-state index contributed by atoms with van der Waals surface area (Å²) in [4.78, 5) is 10.6. The molecule has 3 nitrogen and oxygen atoms in total. The van der Waals surface area contributed by atoms with Gasteiger partial charge in [-0.1, -0.05) is 20.8 Å².